The van der Waals surface area contributed by atoms with E-state index in [1.807, 2.05) is 18.2 Å². The first kappa shape index (κ1) is 15.5. The molecule has 0 aliphatic carbocycles. The van der Waals surface area contributed by atoms with E-state index < -0.39 is 0 Å². The summed E-state index contributed by atoms with van der Waals surface area (Å²) in [5.41, 5.74) is 6.59. The highest BCUT2D eigenvalue weighted by Crippen LogP contribution is 2.17. The molecule has 0 fully saturated rings. The third-order valence-electron chi connectivity index (χ3n) is 4.33. The smallest absolute Gasteiger partial charge is 0.224 e. The second-order valence-corrected chi connectivity index (χ2v) is 5.60. The zero-order valence-corrected chi connectivity index (χ0v) is 12.9. The molecule has 2 rings (SSSR count). The van der Waals surface area contributed by atoms with Crippen LogP contribution in [-0.4, -0.2) is 18.0 Å². The van der Waals surface area contributed by atoms with Gasteiger partial charge < -0.3 is 11.1 Å². The van der Waals surface area contributed by atoms with Crippen LogP contribution >= 0.6 is 0 Å². The van der Waals surface area contributed by atoms with Gasteiger partial charge in [0.25, 0.3) is 0 Å². The second-order valence-electron chi connectivity index (χ2n) is 5.60. The predicted octanol–water partition coefficient (Wildman–Crippen LogP) is 3.02. The maximum absolute atomic E-state index is 12.3. The third-order valence-corrected chi connectivity index (χ3v) is 4.33. The lowest BCUT2D eigenvalue weighted by Gasteiger charge is -2.31. The number of fused-ring (bicyclic) bond motifs is 1. The number of carbonyl (C=O) groups excluding carboxylic acids is 1. The van der Waals surface area contributed by atoms with Crippen LogP contribution in [0.15, 0.2) is 42.5 Å². The Balaban J connectivity index is 2.10. The summed E-state index contributed by atoms with van der Waals surface area (Å²) in [7, 11) is 0. The van der Waals surface area contributed by atoms with Crippen molar-refractivity contribution < 1.29 is 4.79 Å². The molecule has 3 heteroatoms. The topological polar surface area (TPSA) is 55.1 Å². The molecule has 0 aromatic heterocycles. The van der Waals surface area contributed by atoms with Crippen LogP contribution in [0.1, 0.15) is 32.3 Å². The van der Waals surface area contributed by atoms with Crippen molar-refractivity contribution >= 4 is 16.7 Å². The second kappa shape index (κ2) is 6.72. The Morgan fingerprint density at radius 3 is 2.38 bits per heavy atom. The summed E-state index contributed by atoms with van der Waals surface area (Å²) >= 11 is 0. The van der Waals surface area contributed by atoms with Crippen molar-refractivity contribution in [2.45, 2.75) is 38.6 Å². The average molecular weight is 284 g/mol. The molecule has 0 radical (unpaired) electrons. The van der Waals surface area contributed by atoms with E-state index in [1.54, 1.807) is 0 Å². The Bertz CT molecular complexity index is 609. The molecule has 2 aromatic carbocycles. The van der Waals surface area contributed by atoms with Crippen molar-refractivity contribution in [1.29, 1.82) is 0 Å². The molecule has 0 aliphatic heterocycles. The summed E-state index contributed by atoms with van der Waals surface area (Å²) < 4.78 is 0. The molecular weight excluding hydrogens is 260 g/mol. The molecule has 0 unspecified atom stereocenters. The van der Waals surface area contributed by atoms with Gasteiger partial charge in [-0.3, -0.25) is 4.79 Å². The first-order chi connectivity index (χ1) is 10.1. The SMILES string of the molecule is CCC(CC)(CN)NC(=O)Cc1ccc2ccccc2c1. The van der Waals surface area contributed by atoms with Crippen LogP contribution in [-0.2, 0) is 11.2 Å². The van der Waals surface area contributed by atoms with Gasteiger partial charge in [-0.15, -0.1) is 0 Å². The minimum absolute atomic E-state index is 0.0411. The highest BCUT2D eigenvalue weighted by molar-refractivity contribution is 5.85. The Morgan fingerprint density at radius 1 is 1.10 bits per heavy atom. The molecule has 21 heavy (non-hydrogen) atoms. The Labute approximate surface area is 126 Å². The van der Waals surface area contributed by atoms with Crippen LogP contribution in [0.5, 0.6) is 0 Å². The van der Waals surface area contributed by atoms with Gasteiger partial charge in [0.05, 0.1) is 12.0 Å². The molecule has 0 heterocycles. The first-order valence-electron chi connectivity index (χ1n) is 7.61. The first-order valence-corrected chi connectivity index (χ1v) is 7.61. The zero-order chi connectivity index (χ0) is 15.3. The van der Waals surface area contributed by atoms with Gasteiger partial charge in [-0.1, -0.05) is 56.3 Å². The van der Waals surface area contributed by atoms with Gasteiger partial charge in [-0.25, -0.2) is 0 Å². The van der Waals surface area contributed by atoms with Crippen molar-refractivity contribution in [2.24, 2.45) is 5.73 Å². The fourth-order valence-electron chi connectivity index (χ4n) is 2.64. The Kier molecular flexibility index (Phi) is 4.97. The van der Waals surface area contributed by atoms with Crippen LogP contribution < -0.4 is 11.1 Å². The molecule has 0 spiro atoms. The van der Waals surface area contributed by atoms with Crippen LogP contribution in [0.25, 0.3) is 10.8 Å². The standard InChI is InChI=1S/C18H24N2O/c1-3-18(4-2,13-19)20-17(21)12-14-9-10-15-7-5-6-8-16(15)11-14/h5-11H,3-4,12-13,19H2,1-2H3,(H,20,21). The van der Waals surface area contributed by atoms with Gasteiger partial charge in [0.1, 0.15) is 0 Å². The molecule has 0 aliphatic rings. The number of hydrogen-bond donors (Lipinski definition) is 2. The highest BCUT2D eigenvalue weighted by Gasteiger charge is 2.26. The van der Waals surface area contributed by atoms with Gasteiger partial charge in [-0.2, -0.15) is 0 Å². The zero-order valence-electron chi connectivity index (χ0n) is 12.9. The summed E-state index contributed by atoms with van der Waals surface area (Å²) in [6.45, 7) is 4.60. The molecule has 3 N–H and O–H groups in total. The lowest BCUT2D eigenvalue weighted by molar-refractivity contribution is -0.122. The van der Waals surface area contributed by atoms with E-state index in [4.69, 9.17) is 5.73 Å². The van der Waals surface area contributed by atoms with Crippen LogP contribution in [0.2, 0.25) is 0 Å². The van der Waals surface area contributed by atoms with E-state index in [0.717, 1.165) is 18.4 Å². The van der Waals surface area contributed by atoms with Crippen molar-refractivity contribution in [3.05, 3.63) is 48.0 Å². The largest absolute Gasteiger partial charge is 0.349 e. The molecule has 0 bridgehead atoms. The molecule has 0 atom stereocenters. The summed E-state index contributed by atoms with van der Waals surface area (Å²) in [5.74, 6) is 0.0411. The quantitative estimate of drug-likeness (QED) is 0.856. The summed E-state index contributed by atoms with van der Waals surface area (Å²) in [5, 5.41) is 5.47. The van der Waals surface area contributed by atoms with Crippen molar-refractivity contribution in [3.63, 3.8) is 0 Å². The van der Waals surface area contributed by atoms with Crippen LogP contribution in [0, 0.1) is 0 Å². The van der Waals surface area contributed by atoms with Gasteiger partial charge in [0.2, 0.25) is 5.91 Å². The summed E-state index contributed by atoms with van der Waals surface area (Å²) in [6, 6.07) is 14.3. The van der Waals surface area contributed by atoms with E-state index in [0.29, 0.717) is 13.0 Å². The number of amides is 1. The van der Waals surface area contributed by atoms with E-state index in [9.17, 15) is 4.79 Å². The maximum atomic E-state index is 12.3. The van der Waals surface area contributed by atoms with Gasteiger partial charge in [-0.05, 0) is 29.2 Å². The lowest BCUT2D eigenvalue weighted by atomic mass is 9.92. The van der Waals surface area contributed by atoms with Gasteiger partial charge in [0.15, 0.2) is 0 Å². The fourth-order valence-corrected chi connectivity index (χ4v) is 2.64. The lowest BCUT2D eigenvalue weighted by Crippen LogP contribution is -2.53. The van der Waals surface area contributed by atoms with E-state index >= 15 is 0 Å². The summed E-state index contributed by atoms with van der Waals surface area (Å²) in [4.78, 5) is 12.3. The Morgan fingerprint density at radius 2 is 1.76 bits per heavy atom. The van der Waals surface area contributed by atoms with Crippen molar-refractivity contribution in [2.75, 3.05) is 6.54 Å². The number of rotatable bonds is 6. The molecule has 1 amide bonds. The monoisotopic (exact) mass is 284 g/mol. The number of carbonyl (C=O) groups is 1. The van der Waals surface area contributed by atoms with Crippen LogP contribution in [0.3, 0.4) is 0 Å². The van der Waals surface area contributed by atoms with Gasteiger partial charge in [0, 0.05) is 6.54 Å². The third kappa shape index (κ3) is 3.61. The number of benzene rings is 2. The molecule has 0 saturated carbocycles. The minimum Gasteiger partial charge on any atom is -0.349 e. The Hall–Kier alpha value is -1.87. The van der Waals surface area contributed by atoms with Crippen molar-refractivity contribution in [1.82, 2.24) is 5.32 Å². The average Bonchev–Trinajstić information content (AvgIpc) is 2.52. The molecule has 0 saturated heterocycles. The van der Waals surface area contributed by atoms with Crippen molar-refractivity contribution in [3.8, 4) is 0 Å². The molecular formula is C18H24N2O. The van der Waals surface area contributed by atoms with E-state index in [1.165, 1.54) is 10.8 Å². The number of nitrogens with two attached hydrogens (primary N) is 1. The predicted molar refractivity (Wildman–Crippen MR) is 88.2 cm³/mol. The van der Waals surface area contributed by atoms with Crippen LogP contribution in [0.4, 0.5) is 0 Å². The molecule has 2 aromatic rings. The normalized spacial score (nSPS) is 11.6. The van der Waals surface area contributed by atoms with E-state index in [2.05, 4.69) is 43.4 Å². The maximum Gasteiger partial charge on any atom is 0.224 e. The van der Waals surface area contributed by atoms with E-state index in [-0.39, 0.29) is 11.4 Å². The number of nitrogens with one attached hydrogen (secondary N) is 1. The fraction of sp³-hybridized carbons (Fsp3) is 0.389. The minimum atomic E-state index is -0.270. The molecule has 3 nitrogen and oxygen atoms in total. The molecule has 112 valence electrons. The van der Waals surface area contributed by atoms with Gasteiger partial charge >= 0.3 is 0 Å². The number of hydrogen-bond acceptors (Lipinski definition) is 2. The summed E-state index contributed by atoms with van der Waals surface area (Å²) in [6.07, 6.45) is 2.10. The highest BCUT2D eigenvalue weighted by atomic mass is 16.1.